The van der Waals surface area contributed by atoms with Gasteiger partial charge in [0.25, 0.3) is 11.6 Å². The number of benzene rings is 2. The molecular weight excluding hydrogens is 400 g/mol. The van der Waals surface area contributed by atoms with Gasteiger partial charge in [-0.15, -0.1) is 0 Å². The largest absolute Gasteiger partial charge is 0.493 e. The van der Waals surface area contributed by atoms with Crippen molar-refractivity contribution in [3.8, 4) is 11.5 Å². The van der Waals surface area contributed by atoms with Crippen LogP contribution in [0.3, 0.4) is 0 Å². The Balaban J connectivity index is 1.84. The summed E-state index contributed by atoms with van der Waals surface area (Å²) in [6, 6.07) is 12.7. The van der Waals surface area contributed by atoms with Gasteiger partial charge in [-0.05, 0) is 18.4 Å². The number of nitro benzene ring substituents is 1. The molecule has 1 saturated carbocycles. The topological polar surface area (TPSA) is 99.9 Å². The number of rotatable bonds is 10. The smallest absolute Gasteiger partial charge is 0.286 e. The Morgan fingerprint density at radius 2 is 1.81 bits per heavy atom. The molecule has 8 heteroatoms. The third kappa shape index (κ3) is 5.14. The fourth-order valence-electron chi connectivity index (χ4n) is 4.15. The first kappa shape index (κ1) is 22.6. The van der Waals surface area contributed by atoms with Gasteiger partial charge in [0.15, 0.2) is 11.5 Å². The summed E-state index contributed by atoms with van der Waals surface area (Å²) in [7, 11) is 2.96. The lowest BCUT2D eigenvalue weighted by Gasteiger charge is -2.30. The van der Waals surface area contributed by atoms with Gasteiger partial charge in [-0.2, -0.15) is 0 Å². The Kier molecular flexibility index (Phi) is 7.46. The second kappa shape index (κ2) is 10.3. The fourth-order valence-corrected chi connectivity index (χ4v) is 4.15. The van der Waals surface area contributed by atoms with Gasteiger partial charge in [0, 0.05) is 25.1 Å². The highest BCUT2D eigenvalue weighted by atomic mass is 16.6. The van der Waals surface area contributed by atoms with Crippen molar-refractivity contribution >= 4 is 11.6 Å². The molecule has 0 saturated heterocycles. The maximum atomic E-state index is 13.0. The number of nitro groups is 1. The first-order valence-corrected chi connectivity index (χ1v) is 10.3. The highest BCUT2D eigenvalue weighted by molar-refractivity contribution is 5.99. The Labute approximate surface area is 181 Å². The maximum Gasteiger partial charge on any atom is 0.286 e. The lowest BCUT2D eigenvalue weighted by atomic mass is 9.79. The van der Waals surface area contributed by atoms with Gasteiger partial charge in [-0.1, -0.05) is 43.2 Å². The van der Waals surface area contributed by atoms with Crippen molar-refractivity contribution in [1.29, 1.82) is 0 Å². The normalized spacial score (nSPS) is 14.8. The zero-order valence-electron chi connectivity index (χ0n) is 17.9. The summed E-state index contributed by atoms with van der Waals surface area (Å²) in [6.45, 7) is 0.942. The molecule has 8 nitrogen and oxygen atoms in total. The molecule has 31 heavy (non-hydrogen) atoms. The fraction of sp³-hybridized carbons (Fsp3) is 0.435. The Hall–Kier alpha value is -3.13. The molecule has 2 aromatic rings. The summed E-state index contributed by atoms with van der Waals surface area (Å²) in [5.41, 5.74) is 0.647. The third-order valence-electron chi connectivity index (χ3n) is 5.80. The number of nitrogens with zero attached hydrogens (tertiary/aromatic N) is 1. The summed E-state index contributed by atoms with van der Waals surface area (Å²) in [5.74, 6) is -0.0551. The van der Waals surface area contributed by atoms with Crippen LogP contribution in [0.1, 0.15) is 41.6 Å². The van der Waals surface area contributed by atoms with Crippen molar-refractivity contribution in [1.82, 2.24) is 5.32 Å². The van der Waals surface area contributed by atoms with Gasteiger partial charge in [0.1, 0.15) is 12.2 Å². The molecule has 0 aliphatic heterocycles. The molecule has 0 bridgehead atoms. The zero-order valence-corrected chi connectivity index (χ0v) is 17.9. The van der Waals surface area contributed by atoms with Crippen LogP contribution >= 0.6 is 0 Å². The van der Waals surface area contributed by atoms with Crippen LogP contribution in [-0.2, 0) is 10.2 Å². The molecule has 0 aromatic heterocycles. The molecular formula is C23H28N2O6. The molecule has 0 atom stereocenters. The average molecular weight is 428 g/mol. The van der Waals surface area contributed by atoms with Gasteiger partial charge in [-0.3, -0.25) is 14.9 Å². The summed E-state index contributed by atoms with van der Waals surface area (Å²) < 4.78 is 15.8. The number of hydrogen-bond acceptors (Lipinski definition) is 6. The molecule has 0 unspecified atom stereocenters. The maximum absolute atomic E-state index is 13.0. The molecule has 3 rings (SSSR count). The molecule has 0 spiro atoms. The summed E-state index contributed by atoms with van der Waals surface area (Å²) >= 11 is 0. The minimum Gasteiger partial charge on any atom is -0.493 e. The van der Waals surface area contributed by atoms with Crippen LogP contribution in [0.2, 0.25) is 0 Å². The van der Waals surface area contributed by atoms with E-state index in [1.165, 1.54) is 31.9 Å². The number of ether oxygens (including phenoxy) is 3. The summed E-state index contributed by atoms with van der Waals surface area (Å²) in [4.78, 5) is 24.1. The Morgan fingerprint density at radius 3 is 2.42 bits per heavy atom. The van der Waals surface area contributed by atoms with E-state index >= 15 is 0 Å². The second-order valence-corrected chi connectivity index (χ2v) is 7.65. The molecule has 2 aromatic carbocycles. The van der Waals surface area contributed by atoms with E-state index in [4.69, 9.17) is 14.2 Å². The van der Waals surface area contributed by atoms with Crippen molar-refractivity contribution < 1.29 is 23.9 Å². The van der Waals surface area contributed by atoms with E-state index in [0.29, 0.717) is 13.2 Å². The van der Waals surface area contributed by atoms with Crippen molar-refractivity contribution in [2.24, 2.45) is 0 Å². The summed E-state index contributed by atoms with van der Waals surface area (Å²) in [6.07, 6.45) is 4.11. The number of nitrogens with one attached hydrogen (secondary N) is 1. The van der Waals surface area contributed by atoms with Crippen molar-refractivity contribution in [3.05, 3.63) is 63.7 Å². The number of amides is 1. The zero-order chi connectivity index (χ0) is 22.3. The van der Waals surface area contributed by atoms with Crippen LogP contribution in [0, 0.1) is 10.1 Å². The van der Waals surface area contributed by atoms with Crippen LogP contribution in [0.5, 0.6) is 11.5 Å². The first-order valence-electron chi connectivity index (χ1n) is 10.3. The average Bonchev–Trinajstić information content (AvgIpc) is 3.28. The second-order valence-electron chi connectivity index (χ2n) is 7.65. The highest BCUT2D eigenvalue weighted by Gasteiger charge is 2.36. The molecule has 1 amide bonds. The van der Waals surface area contributed by atoms with Crippen LogP contribution < -0.4 is 14.8 Å². The minimum atomic E-state index is -0.583. The Morgan fingerprint density at radius 1 is 1.10 bits per heavy atom. The van der Waals surface area contributed by atoms with E-state index in [0.717, 1.165) is 25.7 Å². The van der Waals surface area contributed by atoms with Crippen molar-refractivity contribution in [2.45, 2.75) is 31.1 Å². The van der Waals surface area contributed by atoms with Crippen molar-refractivity contribution in [2.75, 3.05) is 34.0 Å². The molecule has 1 fully saturated rings. The van der Waals surface area contributed by atoms with Gasteiger partial charge in [0.05, 0.1) is 24.7 Å². The van der Waals surface area contributed by atoms with Crippen LogP contribution in [0.15, 0.2) is 42.5 Å². The van der Waals surface area contributed by atoms with E-state index in [1.807, 2.05) is 18.2 Å². The van der Waals surface area contributed by atoms with Crippen LogP contribution in [-0.4, -0.2) is 44.8 Å². The first-order chi connectivity index (χ1) is 15.0. The van der Waals surface area contributed by atoms with Gasteiger partial charge in [-0.25, -0.2) is 0 Å². The number of hydrogen-bond donors (Lipinski definition) is 1. The highest BCUT2D eigenvalue weighted by Crippen LogP contribution is 2.41. The quantitative estimate of drug-likeness (QED) is 0.350. The minimum absolute atomic E-state index is 0.0536. The molecule has 0 radical (unpaired) electrons. The van der Waals surface area contributed by atoms with Crippen molar-refractivity contribution in [3.63, 3.8) is 0 Å². The number of carbonyl (C=O) groups excluding carboxylic acids is 1. The molecule has 1 aliphatic rings. The monoisotopic (exact) mass is 428 g/mol. The van der Waals surface area contributed by atoms with Crippen LogP contribution in [0.25, 0.3) is 0 Å². The van der Waals surface area contributed by atoms with E-state index in [-0.39, 0.29) is 34.8 Å². The number of methoxy groups -OCH3 is 2. The van der Waals surface area contributed by atoms with E-state index in [1.54, 1.807) is 0 Å². The van der Waals surface area contributed by atoms with Gasteiger partial charge in [0.2, 0.25) is 0 Å². The molecule has 0 heterocycles. The van der Waals surface area contributed by atoms with E-state index in [2.05, 4.69) is 17.4 Å². The molecule has 166 valence electrons. The predicted octanol–water partition coefficient (Wildman–Crippen LogP) is 3.87. The predicted molar refractivity (Wildman–Crippen MR) is 116 cm³/mol. The summed E-state index contributed by atoms with van der Waals surface area (Å²) in [5, 5.41) is 14.6. The van der Waals surface area contributed by atoms with Crippen LogP contribution in [0.4, 0.5) is 5.69 Å². The number of carbonyl (C=O) groups is 1. The van der Waals surface area contributed by atoms with Gasteiger partial charge >= 0.3 is 0 Å². The lowest BCUT2D eigenvalue weighted by molar-refractivity contribution is -0.385. The SMILES string of the molecule is COCCOc1cc([N+](=O)[O-])c(C(=O)NCC2(c3ccccc3)CCCC2)cc1OC. The standard InChI is InChI=1S/C23H28N2O6/c1-29-12-13-31-21-15-19(25(27)28)18(14-20(21)30-2)22(26)24-16-23(10-6-7-11-23)17-8-4-3-5-9-17/h3-5,8-9,14-15H,6-7,10-13,16H2,1-2H3,(H,24,26). The lowest BCUT2D eigenvalue weighted by Crippen LogP contribution is -2.39. The van der Waals surface area contributed by atoms with Gasteiger partial charge < -0.3 is 19.5 Å². The third-order valence-corrected chi connectivity index (χ3v) is 5.80. The molecule has 1 aliphatic carbocycles. The van der Waals surface area contributed by atoms with E-state index < -0.39 is 10.8 Å². The molecule has 1 N–H and O–H groups in total. The van der Waals surface area contributed by atoms with E-state index in [9.17, 15) is 14.9 Å². The Bertz CT molecular complexity index is 910.